The Hall–Kier alpha value is -0.693. The van der Waals surface area contributed by atoms with Crippen LogP contribution in [-0.4, -0.2) is 42.1 Å². The van der Waals surface area contributed by atoms with Gasteiger partial charge in [-0.2, -0.15) is 0 Å². The fourth-order valence-corrected chi connectivity index (χ4v) is 4.26. The van der Waals surface area contributed by atoms with E-state index in [4.69, 9.17) is 16.0 Å². The van der Waals surface area contributed by atoms with Crippen molar-refractivity contribution in [1.29, 1.82) is 0 Å². The maximum atomic E-state index is 9.72. The van der Waals surface area contributed by atoms with E-state index >= 15 is 0 Å². The number of aliphatic hydroxyl groups excluding tert-OH is 1. The summed E-state index contributed by atoms with van der Waals surface area (Å²) in [7, 11) is -1.84. The summed E-state index contributed by atoms with van der Waals surface area (Å²) in [4.78, 5) is 8.08. The minimum absolute atomic E-state index is 0.0932. The summed E-state index contributed by atoms with van der Waals surface area (Å²) < 4.78 is 6.54. The lowest BCUT2D eigenvalue weighted by atomic mass is 10.1. The van der Waals surface area contributed by atoms with Gasteiger partial charge in [0.05, 0.1) is 6.10 Å². The Morgan fingerprint density at radius 3 is 2.61 bits per heavy atom. The first kappa shape index (κ1) is 18.6. The van der Waals surface area contributed by atoms with Crippen molar-refractivity contribution >= 4 is 25.7 Å². The van der Waals surface area contributed by atoms with Crippen LogP contribution in [0.25, 0.3) is 0 Å². The molecule has 0 bridgehead atoms. The molecular formula is C16H28ClN3O2Si. The molecule has 3 atom stereocenters. The maximum absolute atomic E-state index is 9.72. The van der Waals surface area contributed by atoms with E-state index < -0.39 is 8.32 Å². The minimum atomic E-state index is -1.84. The van der Waals surface area contributed by atoms with Gasteiger partial charge in [-0.25, -0.2) is 9.97 Å². The Bertz CT molecular complexity index is 536. The van der Waals surface area contributed by atoms with E-state index in [0.29, 0.717) is 5.15 Å². The molecule has 0 aliphatic heterocycles. The average molecular weight is 358 g/mol. The van der Waals surface area contributed by atoms with Crippen LogP contribution >= 0.6 is 11.6 Å². The molecule has 2 rings (SSSR count). The van der Waals surface area contributed by atoms with Gasteiger partial charge in [0.15, 0.2) is 8.32 Å². The van der Waals surface area contributed by atoms with Gasteiger partial charge in [0.25, 0.3) is 0 Å². The number of nitrogens with zero attached hydrogens (tertiary/aromatic N) is 2. The fraction of sp³-hybridized carbons (Fsp3) is 0.750. The van der Waals surface area contributed by atoms with Crippen molar-refractivity contribution < 1.29 is 9.53 Å². The second-order valence-electron chi connectivity index (χ2n) is 7.90. The van der Waals surface area contributed by atoms with Gasteiger partial charge in [-0.15, -0.1) is 0 Å². The molecular weight excluding hydrogens is 330 g/mol. The summed E-state index contributed by atoms with van der Waals surface area (Å²) in [6.07, 6.45) is 3.29. The molecule has 0 saturated heterocycles. The molecule has 0 radical (unpaired) electrons. The van der Waals surface area contributed by atoms with Crippen molar-refractivity contribution in [2.75, 3.05) is 11.9 Å². The number of nitrogens with one attached hydrogen (secondary N) is 1. The Morgan fingerprint density at radius 2 is 2.04 bits per heavy atom. The molecule has 5 nitrogen and oxygen atoms in total. The fourth-order valence-electron chi connectivity index (χ4n) is 2.72. The van der Waals surface area contributed by atoms with Crippen molar-refractivity contribution in [2.45, 2.75) is 63.9 Å². The molecule has 1 aromatic rings. The second-order valence-corrected chi connectivity index (χ2v) is 13.0. The Morgan fingerprint density at radius 1 is 1.35 bits per heavy atom. The zero-order valence-electron chi connectivity index (χ0n) is 14.6. The largest absolute Gasteiger partial charge is 0.413 e. The van der Waals surface area contributed by atoms with Crippen molar-refractivity contribution in [3.8, 4) is 0 Å². The van der Waals surface area contributed by atoms with E-state index in [1.807, 2.05) is 0 Å². The average Bonchev–Trinajstić information content (AvgIpc) is 2.78. The summed E-state index contributed by atoms with van der Waals surface area (Å²) in [5, 5.41) is 13.7. The van der Waals surface area contributed by atoms with Crippen LogP contribution in [0, 0.1) is 5.92 Å². The lowest BCUT2D eigenvalue weighted by molar-refractivity contribution is 0.0980. The summed E-state index contributed by atoms with van der Waals surface area (Å²) in [5.74, 6) is 0.888. The molecule has 0 aromatic carbocycles. The zero-order chi connectivity index (χ0) is 17.3. The molecule has 0 spiro atoms. The number of aromatic nitrogens is 2. The quantitative estimate of drug-likeness (QED) is 0.621. The Balaban J connectivity index is 2.03. The number of aliphatic hydroxyl groups is 1. The van der Waals surface area contributed by atoms with Gasteiger partial charge in [0.1, 0.15) is 17.3 Å². The third-order valence-corrected chi connectivity index (χ3v) is 9.81. The van der Waals surface area contributed by atoms with Crippen LogP contribution in [0.2, 0.25) is 23.3 Å². The van der Waals surface area contributed by atoms with Gasteiger partial charge in [0, 0.05) is 24.6 Å². The van der Waals surface area contributed by atoms with E-state index in [9.17, 15) is 5.11 Å². The molecule has 1 fully saturated rings. The number of anilines is 1. The standard InChI is InChI=1S/C16H28ClN3O2Si/c1-16(2,3)23(4,5)22-13-7-12(6-11(13)9-21)20-15-8-14(17)18-10-19-15/h8,10-13,21H,6-7,9H2,1-5H3,(H,18,19,20)/t11-,12+,13-/m0/s1. The summed E-state index contributed by atoms with van der Waals surface area (Å²) in [6, 6.07) is 1.95. The van der Waals surface area contributed by atoms with Crippen LogP contribution in [0.1, 0.15) is 33.6 Å². The third kappa shape index (κ3) is 4.65. The van der Waals surface area contributed by atoms with Crippen molar-refractivity contribution in [2.24, 2.45) is 5.92 Å². The predicted octanol–water partition coefficient (Wildman–Crippen LogP) is 3.70. The molecule has 130 valence electrons. The highest BCUT2D eigenvalue weighted by Crippen LogP contribution is 2.41. The van der Waals surface area contributed by atoms with Gasteiger partial charge < -0.3 is 14.8 Å². The molecule has 0 amide bonds. The lowest BCUT2D eigenvalue weighted by Crippen LogP contribution is -2.45. The van der Waals surface area contributed by atoms with Crippen molar-refractivity contribution in [3.63, 3.8) is 0 Å². The highest BCUT2D eigenvalue weighted by Gasteiger charge is 2.43. The zero-order valence-corrected chi connectivity index (χ0v) is 16.4. The van der Waals surface area contributed by atoms with E-state index in [-0.39, 0.29) is 29.7 Å². The van der Waals surface area contributed by atoms with Crippen LogP contribution in [-0.2, 0) is 4.43 Å². The first-order valence-corrected chi connectivity index (χ1v) is 11.4. The van der Waals surface area contributed by atoms with Gasteiger partial charge in [-0.05, 0) is 31.0 Å². The predicted molar refractivity (Wildman–Crippen MR) is 96.3 cm³/mol. The van der Waals surface area contributed by atoms with E-state index in [1.54, 1.807) is 6.07 Å². The van der Waals surface area contributed by atoms with Crippen LogP contribution in [0.5, 0.6) is 0 Å². The first-order valence-electron chi connectivity index (χ1n) is 8.15. The monoisotopic (exact) mass is 357 g/mol. The third-order valence-electron chi connectivity index (χ3n) is 5.10. The number of halogens is 1. The first-order chi connectivity index (χ1) is 10.6. The molecule has 1 aliphatic carbocycles. The Labute approximate surface area is 145 Å². The number of hydrogen-bond acceptors (Lipinski definition) is 5. The maximum Gasteiger partial charge on any atom is 0.192 e. The Kier molecular flexibility index (Phi) is 5.71. The van der Waals surface area contributed by atoms with Gasteiger partial charge >= 0.3 is 0 Å². The normalized spacial score (nSPS) is 25.6. The molecule has 1 aliphatic rings. The van der Waals surface area contributed by atoms with Gasteiger partial charge in [0.2, 0.25) is 0 Å². The number of rotatable bonds is 5. The SMILES string of the molecule is CC(C)(C)[Si](C)(C)O[C@H]1C[C@H](Nc2cc(Cl)ncn2)C[C@H]1CO. The van der Waals surface area contributed by atoms with Gasteiger partial charge in [-0.3, -0.25) is 0 Å². The van der Waals surface area contributed by atoms with Crippen LogP contribution in [0.15, 0.2) is 12.4 Å². The molecule has 0 unspecified atom stereocenters. The molecule has 7 heteroatoms. The highest BCUT2D eigenvalue weighted by atomic mass is 35.5. The molecule has 1 aromatic heterocycles. The minimum Gasteiger partial charge on any atom is -0.413 e. The second kappa shape index (κ2) is 7.05. The van der Waals surface area contributed by atoms with Gasteiger partial charge in [-0.1, -0.05) is 32.4 Å². The van der Waals surface area contributed by atoms with E-state index in [2.05, 4.69) is 49.1 Å². The molecule has 2 N–H and O–H groups in total. The van der Waals surface area contributed by atoms with Crippen LogP contribution in [0.4, 0.5) is 5.82 Å². The smallest absolute Gasteiger partial charge is 0.192 e. The molecule has 1 heterocycles. The number of hydrogen-bond donors (Lipinski definition) is 2. The van der Waals surface area contributed by atoms with Crippen LogP contribution < -0.4 is 5.32 Å². The summed E-state index contributed by atoms with van der Waals surface area (Å²) in [6.45, 7) is 11.4. The summed E-state index contributed by atoms with van der Waals surface area (Å²) >= 11 is 5.90. The summed E-state index contributed by atoms with van der Waals surface area (Å²) in [5.41, 5.74) is 0. The molecule has 1 saturated carbocycles. The van der Waals surface area contributed by atoms with Crippen LogP contribution in [0.3, 0.4) is 0 Å². The lowest BCUT2D eigenvalue weighted by Gasteiger charge is -2.39. The molecule has 23 heavy (non-hydrogen) atoms. The van der Waals surface area contributed by atoms with E-state index in [0.717, 1.165) is 18.7 Å². The topological polar surface area (TPSA) is 67.3 Å². The van der Waals surface area contributed by atoms with Crippen molar-refractivity contribution in [3.05, 3.63) is 17.5 Å². The van der Waals surface area contributed by atoms with E-state index in [1.165, 1.54) is 6.33 Å². The van der Waals surface area contributed by atoms with Crippen molar-refractivity contribution in [1.82, 2.24) is 9.97 Å². The highest BCUT2D eigenvalue weighted by molar-refractivity contribution is 6.74.